The Bertz CT molecular complexity index is 1070. The van der Waals surface area contributed by atoms with E-state index in [2.05, 4.69) is 56.4 Å². The summed E-state index contributed by atoms with van der Waals surface area (Å²) in [5, 5.41) is 11.2. The third kappa shape index (κ3) is 7.03. The Labute approximate surface area is 198 Å². The minimum atomic E-state index is -0.0500. The lowest BCUT2D eigenvalue weighted by Gasteiger charge is -2.23. The number of carbonyl (C=O) groups excluding carboxylic acids is 1. The molecule has 1 aliphatic heterocycles. The topological polar surface area (TPSA) is 104 Å². The standard InChI is InChI=1S/C23H29N7O2S/c1-5-12-30(20(31)6-2)13-10-16(3)25-22-26-17(15-32-4)14-19(28-22)29-23-27-18-9-7-8-11-24-21(18)33-23/h6-7,9,14,16,24H,2,5,10,12-13,15H2,1,3-4H3,(H2,25,26,27,28,29). The number of thiazole rings is 1. The van der Waals surface area contributed by atoms with Crippen molar-refractivity contribution in [2.75, 3.05) is 36.1 Å². The Kier molecular flexibility index (Phi) is 8.80. The van der Waals surface area contributed by atoms with Crippen LogP contribution in [-0.4, -0.2) is 52.0 Å². The van der Waals surface area contributed by atoms with E-state index < -0.39 is 0 Å². The molecular weight excluding hydrogens is 438 g/mol. The number of amides is 1. The summed E-state index contributed by atoms with van der Waals surface area (Å²) < 4.78 is 5.27. The van der Waals surface area contributed by atoms with Gasteiger partial charge in [0.15, 0.2) is 5.13 Å². The first-order valence-corrected chi connectivity index (χ1v) is 11.6. The number of nitrogens with one attached hydrogen (secondary N) is 3. The Balaban J connectivity index is 1.69. The zero-order valence-electron chi connectivity index (χ0n) is 19.1. The van der Waals surface area contributed by atoms with Gasteiger partial charge in [-0.25, -0.2) is 9.97 Å². The van der Waals surface area contributed by atoms with E-state index in [0.717, 1.165) is 29.2 Å². The molecule has 3 N–H and O–H groups in total. The van der Waals surface area contributed by atoms with E-state index >= 15 is 0 Å². The van der Waals surface area contributed by atoms with Crippen LogP contribution in [0.3, 0.4) is 0 Å². The fourth-order valence-electron chi connectivity index (χ4n) is 3.17. The molecule has 1 atom stereocenters. The zero-order valence-corrected chi connectivity index (χ0v) is 20.0. The number of methoxy groups -OCH3 is 1. The lowest BCUT2D eigenvalue weighted by atomic mass is 10.2. The molecule has 33 heavy (non-hydrogen) atoms. The maximum absolute atomic E-state index is 12.0. The Morgan fingerprint density at radius 1 is 1.39 bits per heavy atom. The second kappa shape index (κ2) is 12.0. The van der Waals surface area contributed by atoms with E-state index in [9.17, 15) is 4.79 Å². The van der Waals surface area contributed by atoms with Crippen LogP contribution in [0.25, 0.3) is 6.08 Å². The first-order chi connectivity index (χ1) is 16.0. The molecule has 9 nitrogen and oxygen atoms in total. The van der Waals surface area contributed by atoms with Gasteiger partial charge in [-0.15, -0.1) is 0 Å². The van der Waals surface area contributed by atoms with Crippen LogP contribution in [0.1, 0.15) is 38.1 Å². The summed E-state index contributed by atoms with van der Waals surface area (Å²) in [6.45, 7) is 9.37. The fourth-order valence-corrected chi connectivity index (χ4v) is 3.99. The molecule has 0 saturated heterocycles. The average molecular weight is 468 g/mol. The smallest absolute Gasteiger partial charge is 0.245 e. The van der Waals surface area contributed by atoms with E-state index in [-0.39, 0.29) is 11.9 Å². The number of hydrogen-bond donors (Lipinski definition) is 3. The van der Waals surface area contributed by atoms with Gasteiger partial charge in [-0.05, 0) is 38.0 Å². The predicted octanol–water partition coefficient (Wildman–Crippen LogP) is 3.84. The van der Waals surface area contributed by atoms with Crippen molar-refractivity contribution in [3.8, 4) is 12.0 Å². The number of fused-ring (bicyclic) bond motifs is 1. The number of nitrogens with zero attached hydrogens (tertiary/aromatic N) is 4. The molecule has 3 rings (SSSR count). The highest BCUT2D eigenvalue weighted by Gasteiger charge is 2.14. The second-order valence-electron chi connectivity index (χ2n) is 7.45. The fraction of sp³-hybridized carbons (Fsp3) is 0.391. The Morgan fingerprint density at radius 2 is 2.24 bits per heavy atom. The van der Waals surface area contributed by atoms with Crippen LogP contribution < -0.4 is 16.0 Å². The summed E-state index contributed by atoms with van der Waals surface area (Å²) in [5.41, 5.74) is 1.55. The van der Waals surface area contributed by atoms with Crippen LogP contribution in [-0.2, 0) is 16.1 Å². The number of anilines is 4. The summed E-state index contributed by atoms with van der Waals surface area (Å²) in [4.78, 5) is 27.6. The molecule has 0 aromatic carbocycles. The van der Waals surface area contributed by atoms with Crippen LogP contribution in [0, 0.1) is 12.0 Å². The van der Waals surface area contributed by atoms with Crippen molar-refractivity contribution in [3.63, 3.8) is 0 Å². The van der Waals surface area contributed by atoms with Gasteiger partial charge in [-0.2, -0.15) is 4.98 Å². The molecule has 0 fully saturated rings. The summed E-state index contributed by atoms with van der Waals surface area (Å²) in [7, 11) is 1.63. The van der Waals surface area contributed by atoms with Crippen molar-refractivity contribution >= 4 is 45.2 Å². The van der Waals surface area contributed by atoms with E-state index in [1.165, 1.54) is 17.4 Å². The monoisotopic (exact) mass is 467 g/mol. The number of carbonyl (C=O) groups is 1. The maximum Gasteiger partial charge on any atom is 0.245 e. The first kappa shape index (κ1) is 24.2. The van der Waals surface area contributed by atoms with Crippen LogP contribution in [0.2, 0.25) is 0 Å². The second-order valence-corrected chi connectivity index (χ2v) is 8.45. The lowest BCUT2D eigenvalue weighted by Crippen LogP contribution is -2.34. The van der Waals surface area contributed by atoms with Gasteiger partial charge in [-0.3, -0.25) is 4.79 Å². The maximum atomic E-state index is 12.0. The molecule has 0 spiro atoms. The number of rotatable bonds is 12. The number of allylic oxidation sites excluding steroid dienone is 1. The van der Waals surface area contributed by atoms with Gasteiger partial charge >= 0.3 is 0 Å². The molecule has 2 aromatic rings. The van der Waals surface area contributed by atoms with E-state index in [4.69, 9.17) is 4.74 Å². The van der Waals surface area contributed by atoms with Crippen LogP contribution in [0.5, 0.6) is 0 Å². The predicted molar refractivity (Wildman–Crippen MR) is 133 cm³/mol. The molecular formula is C23H29N7O2S. The molecule has 0 aliphatic carbocycles. The minimum absolute atomic E-state index is 0.0500. The molecule has 1 unspecified atom stereocenters. The SMILES string of the molecule is C=CC(=O)N(CCC)CCC(C)Nc1nc(COC)cc(Nc2nc3c(s2)NC#CC=C3)n1. The van der Waals surface area contributed by atoms with Gasteiger partial charge in [-0.1, -0.05) is 30.8 Å². The zero-order chi connectivity index (χ0) is 23.6. The normalized spacial score (nSPS) is 12.5. The highest BCUT2D eigenvalue weighted by atomic mass is 32.1. The molecule has 2 aromatic heterocycles. The molecule has 1 amide bonds. The quantitative estimate of drug-likeness (QED) is 0.320. The molecule has 0 radical (unpaired) electrons. The van der Waals surface area contributed by atoms with Gasteiger partial charge in [0.05, 0.1) is 12.3 Å². The van der Waals surface area contributed by atoms with Crippen LogP contribution >= 0.6 is 11.3 Å². The van der Waals surface area contributed by atoms with Crippen LogP contribution in [0.15, 0.2) is 24.8 Å². The minimum Gasteiger partial charge on any atom is -0.378 e. The number of aromatic nitrogens is 3. The first-order valence-electron chi connectivity index (χ1n) is 10.8. The molecule has 10 heteroatoms. The highest BCUT2D eigenvalue weighted by Crippen LogP contribution is 2.31. The summed E-state index contributed by atoms with van der Waals surface area (Å²) in [6.07, 6.45) is 6.64. The average Bonchev–Trinajstić information content (AvgIpc) is 3.03. The van der Waals surface area contributed by atoms with Crippen LogP contribution in [0.4, 0.5) is 21.9 Å². The van der Waals surface area contributed by atoms with E-state index in [1.54, 1.807) is 18.1 Å². The van der Waals surface area contributed by atoms with E-state index in [1.807, 2.05) is 19.1 Å². The third-order valence-electron chi connectivity index (χ3n) is 4.72. The molecule has 0 bridgehead atoms. The van der Waals surface area contributed by atoms with Gasteiger partial charge < -0.3 is 25.6 Å². The lowest BCUT2D eigenvalue weighted by molar-refractivity contribution is -0.126. The number of hydrogen-bond acceptors (Lipinski definition) is 9. The molecule has 0 saturated carbocycles. The van der Waals surface area contributed by atoms with Crippen molar-refractivity contribution in [1.82, 2.24) is 19.9 Å². The van der Waals surface area contributed by atoms with Crippen molar-refractivity contribution < 1.29 is 9.53 Å². The summed E-state index contributed by atoms with van der Waals surface area (Å²) in [6, 6.07) is 4.74. The Morgan fingerprint density at radius 3 is 3.00 bits per heavy atom. The van der Waals surface area contributed by atoms with Crippen molar-refractivity contribution in [2.45, 2.75) is 39.3 Å². The third-order valence-corrected chi connectivity index (χ3v) is 5.62. The van der Waals surface area contributed by atoms with Crippen molar-refractivity contribution in [2.24, 2.45) is 0 Å². The highest BCUT2D eigenvalue weighted by molar-refractivity contribution is 7.19. The van der Waals surface area contributed by atoms with Gasteiger partial charge in [0.1, 0.15) is 16.5 Å². The van der Waals surface area contributed by atoms with Crippen molar-refractivity contribution in [1.29, 1.82) is 0 Å². The van der Waals surface area contributed by atoms with Gasteiger partial charge in [0, 0.05) is 38.4 Å². The summed E-state index contributed by atoms with van der Waals surface area (Å²) >= 11 is 1.46. The molecule has 174 valence electrons. The molecule has 3 heterocycles. The van der Waals surface area contributed by atoms with E-state index in [0.29, 0.717) is 36.6 Å². The number of ether oxygens (including phenoxy) is 1. The van der Waals surface area contributed by atoms with Gasteiger partial charge in [0.25, 0.3) is 0 Å². The largest absolute Gasteiger partial charge is 0.378 e. The Hall–Kier alpha value is -3.42. The van der Waals surface area contributed by atoms with Gasteiger partial charge in [0.2, 0.25) is 11.9 Å². The van der Waals surface area contributed by atoms with Crippen molar-refractivity contribution in [3.05, 3.63) is 36.2 Å². The summed E-state index contributed by atoms with van der Waals surface area (Å²) in [5.74, 6) is 3.91. The molecule has 1 aliphatic rings.